The molecule has 4 heterocycles. The molecule has 1 saturated heterocycles. The van der Waals surface area contributed by atoms with E-state index in [1.807, 2.05) is 18.2 Å². The van der Waals surface area contributed by atoms with Crippen LogP contribution in [0.2, 0.25) is 0 Å². The number of hydrogen-bond donors (Lipinski definition) is 3. The number of carbonyl (C=O) groups excluding carboxylic acids is 3. The van der Waals surface area contributed by atoms with Gasteiger partial charge in [0.15, 0.2) is 5.78 Å². The Labute approximate surface area is 183 Å². The molecule has 2 aliphatic heterocycles. The minimum Gasteiger partial charge on any atom is -0.387 e. The normalized spacial score (nSPS) is 20.5. The van der Waals surface area contributed by atoms with Crippen LogP contribution in [0.25, 0.3) is 11.0 Å². The lowest BCUT2D eigenvalue weighted by molar-refractivity contribution is -0.146. The lowest BCUT2D eigenvalue weighted by Gasteiger charge is -2.38. The monoisotopic (exact) mass is 434 g/mol. The third kappa shape index (κ3) is 3.69. The van der Waals surface area contributed by atoms with Crippen LogP contribution in [0.3, 0.4) is 0 Å². The van der Waals surface area contributed by atoms with Crippen LogP contribution >= 0.6 is 0 Å². The van der Waals surface area contributed by atoms with Crippen LogP contribution in [0.1, 0.15) is 41.7 Å². The molecule has 1 fully saturated rings. The van der Waals surface area contributed by atoms with E-state index in [1.54, 1.807) is 11.2 Å². The molecule has 0 radical (unpaired) electrons. The third-order valence-electron chi connectivity index (χ3n) is 5.91. The highest BCUT2D eigenvalue weighted by Gasteiger charge is 2.34. The van der Waals surface area contributed by atoms with Crippen LogP contribution in [0.4, 0.5) is 5.69 Å². The summed E-state index contributed by atoms with van der Waals surface area (Å²) in [7, 11) is 0. The van der Waals surface area contributed by atoms with E-state index < -0.39 is 11.8 Å². The van der Waals surface area contributed by atoms with Gasteiger partial charge in [0.05, 0.1) is 47.4 Å². The number of rotatable bonds is 2. The van der Waals surface area contributed by atoms with Gasteiger partial charge in [-0.25, -0.2) is 9.97 Å². The van der Waals surface area contributed by atoms with Crippen molar-refractivity contribution in [3.05, 3.63) is 47.9 Å². The molecule has 0 spiro atoms. The van der Waals surface area contributed by atoms with Crippen molar-refractivity contribution in [1.29, 1.82) is 0 Å². The van der Waals surface area contributed by atoms with Crippen LogP contribution < -0.4 is 15.6 Å². The van der Waals surface area contributed by atoms with Gasteiger partial charge in [0.1, 0.15) is 0 Å². The highest BCUT2D eigenvalue weighted by molar-refractivity contribution is 6.39. The number of aromatic nitrogens is 3. The second-order valence-corrected chi connectivity index (χ2v) is 8.21. The number of hydrogen-bond acceptors (Lipinski definition) is 7. The van der Waals surface area contributed by atoms with Crippen LogP contribution in [-0.2, 0) is 9.59 Å². The topological polar surface area (TPSA) is 129 Å². The summed E-state index contributed by atoms with van der Waals surface area (Å²) in [4.78, 5) is 56.2. The number of Topliss-reactive ketones (excluding diaryl/α,β-unsaturated/α-hetero) is 1. The SMILES string of the molecule is C[C@H]1CC[C@H](c2ccc3nc[nH]c3c2)N(C(=O)C(=O)Nc2cnc3c(c2)C(=O)CNO3)C1. The Bertz CT molecular complexity index is 1220. The van der Waals surface area contributed by atoms with E-state index in [0.717, 1.165) is 29.4 Å². The Morgan fingerprint density at radius 1 is 1.22 bits per heavy atom. The second kappa shape index (κ2) is 8.04. The van der Waals surface area contributed by atoms with Crippen molar-refractivity contribution in [3.8, 4) is 5.88 Å². The number of fused-ring (bicyclic) bond motifs is 2. The molecule has 2 amide bonds. The number of likely N-dealkylation sites (tertiary alicyclic amines) is 1. The predicted octanol–water partition coefficient (Wildman–Crippen LogP) is 1.98. The van der Waals surface area contributed by atoms with Crippen LogP contribution in [0, 0.1) is 5.92 Å². The summed E-state index contributed by atoms with van der Waals surface area (Å²) in [5.74, 6) is -1.17. The summed E-state index contributed by atoms with van der Waals surface area (Å²) in [6.07, 6.45) is 4.71. The molecule has 2 atom stereocenters. The van der Waals surface area contributed by atoms with Gasteiger partial charge >= 0.3 is 11.8 Å². The summed E-state index contributed by atoms with van der Waals surface area (Å²) in [5.41, 5.74) is 5.70. The van der Waals surface area contributed by atoms with E-state index >= 15 is 0 Å². The Morgan fingerprint density at radius 3 is 2.97 bits per heavy atom. The molecule has 10 heteroatoms. The molecule has 2 aliphatic rings. The van der Waals surface area contributed by atoms with Gasteiger partial charge in [0, 0.05) is 6.54 Å². The standard InChI is InChI=1S/C22H22N6O4/c1-12-2-5-18(13-3-4-16-17(6-13)25-11-24-16)28(10-12)22(31)20(30)27-14-7-15-19(29)9-26-32-21(15)23-8-14/h3-4,6-8,11-12,18,26H,2,5,9-10H2,1H3,(H,24,25)(H,27,30)/t12-,18+/m0/s1. The molecule has 0 saturated carbocycles. The maximum absolute atomic E-state index is 13.2. The number of anilines is 1. The summed E-state index contributed by atoms with van der Waals surface area (Å²) in [5, 5.41) is 2.59. The summed E-state index contributed by atoms with van der Waals surface area (Å²) >= 11 is 0. The number of ketones is 1. The van der Waals surface area contributed by atoms with Gasteiger partial charge in [0.2, 0.25) is 5.88 Å². The molecule has 0 unspecified atom stereocenters. The Hall–Kier alpha value is -3.79. The zero-order chi connectivity index (χ0) is 22.2. The fraction of sp³-hybridized carbons (Fsp3) is 0.318. The first kappa shape index (κ1) is 20.1. The number of piperidine rings is 1. The number of aromatic amines is 1. The van der Waals surface area contributed by atoms with E-state index in [2.05, 4.69) is 32.7 Å². The maximum atomic E-state index is 13.2. The van der Waals surface area contributed by atoms with Crippen molar-refractivity contribution in [2.45, 2.75) is 25.8 Å². The van der Waals surface area contributed by atoms with E-state index in [4.69, 9.17) is 4.84 Å². The summed E-state index contributed by atoms with van der Waals surface area (Å²) in [6.45, 7) is 2.57. The lowest BCUT2D eigenvalue weighted by atomic mass is 9.89. The van der Waals surface area contributed by atoms with Gasteiger partial charge in [0.25, 0.3) is 0 Å². The van der Waals surface area contributed by atoms with Gasteiger partial charge in [-0.05, 0) is 42.5 Å². The minimum absolute atomic E-state index is 0.0129. The van der Waals surface area contributed by atoms with Gasteiger partial charge in [-0.3, -0.25) is 14.4 Å². The largest absolute Gasteiger partial charge is 0.387 e. The summed E-state index contributed by atoms with van der Waals surface area (Å²) < 4.78 is 0. The fourth-order valence-electron chi connectivity index (χ4n) is 4.27. The van der Waals surface area contributed by atoms with Crippen LogP contribution in [0.15, 0.2) is 36.8 Å². The van der Waals surface area contributed by atoms with Crippen molar-refractivity contribution >= 4 is 34.3 Å². The molecule has 3 aromatic rings. The van der Waals surface area contributed by atoms with E-state index in [9.17, 15) is 14.4 Å². The smallest absolute Gasteiger partial charge is 0.313 e. The number of benzene rings is 1. The molecule has 2 aromatic heterocycles. The first-order valence-electron chi connectivity index (χ1n) is 10.5. The number of imidazole rings is 1. The minimum atomic E-state index is -0.768. The molecule has 1 aromatic carbocycles. The average molecular weight is 434 g/mol. The highest BCUT2D eigenvalue weighted by atomic mass is 16.7. The number of H-pyrrole nitrogens is 1. The van der Waals surface area contributed by atoms with E-state index in [0.29, 0.717) is 6.54 Å². The zero-order valence-corrected chi connectivity index (χ0v) is 17.4. The maximum Gasteiger partial charge on any atom is 0.313 e. The highest BCUT2D eigenvalue weighted by Crippen LogP contribution is 2.34. The number of nitrogens with zero attached hydrogens (tertiary/aromatic N) is 3. The van der Waals surface area contributed by atoms with Crippen molar-refractivity contribution in [2.75, 3.05) is 18.4 Å². The molecule has 3 N–H and O–H groups in total. The Kier molecular flexibility index (Phi) is 5.06. The zero-order valence-electron chi connectivity index (χ0n) is 17.4. The van der Waals surface area contributed by atoms with E-state index in [1.165, 1.54) is 12.3 Å². The molecule has 32 heavy (non-hydrogen) atoms. The third-order valence-corrected chi connectivity index (χ3v) is 5.91. The Balaban J connectivity index is 1.37. The number of pyridine rings is 1. The van der Waals surface area contributed by atoms with Gasteiger partial charge in [-0.15, -0.1) is 5.48 Å². The number of hydroxylamine groups is 1. The van der Waals surface area contributed by atoms with Gasteiger partial charge < -0.3 is 20.0 Å². The van der Waals surface area contributed by atoms with Crippen LogP contribution in [0.5, 0.6) is 5.88 Å². The van der Waals surface area contributed by atoms with Gasteiger partial charge in [-0.1, -0.05) is 13.0 Å². The number of carbonyl (C=O) groups is 3. The molecule has 5 rings (SSSR count). The predicted molar refractivity (Wildman–Crippen MR) is 115 cm³/mol. The van der Waals surface area contributed by atoms with E-state index in [-0.39, 0.29) is 41.4 Å². The summed E-state index contributed by atoms with van der Waals surface area (Å²) in [6, 6.07) is 7.11. The molecular weight excluding hydrogens is 412 g/mol. The second-order valence-electron chi connectivity index (χ2n) is 8.21. The van der Waals surface area contributed by atoms with Crippen molar-refractivity contribution < 1.29 is 19.2 Å². The fourth-order valence-corrected chi connectivity index (χ4v) is 4.27. The van der Waals surface area contributed by atoms with Crippen LogP contribution in [-0.4, -0.2) is 50.5 Å². The first-order valence-corrected chi connectivity index (χ1v) is 10.5. The quantitative estimate of drug-likeness (QED) is 0.526. The molecule has 164 valence electrons. The molecule has 0 bridgehead atoms. The molecule has 10 nitrogen and oxygen atoms in total. The first-order chi connectivity index (χ1) is 15.5. The van der Waals surface area contributed by atoms with Crippen molar-refractivity contribution in [3.63, 3.8) is 0 Å². The number of amides is 2. The van der Waals surface area contributed by atoms with Gasteiger partial charge in [-0.2, -0.15) is 0 Å². The average Bonchev–Trinajstić information content (AvgIpc) is 3.27. The lowest BCUT2D eigenvalue weighted by Crippen LogP contribution is -2.46. The Morgan fingerprint density at radius 2 is 2.09 bits per heavy atom. The number of nitrogens with one attached hydrogen (secondary N) is 3. The van der Waals surface area contributed by atoms with Crippen molar-refractivity contribution in [1.82, 2.24) is 25.3 Å². The van der Waals surface area contributed by atoms with Crippen molar-refractivity contribution in [2.24, 2.45) is 5.92 Å². The molecular formula is C22H22N6O4. The molecule has 0 aliphatic carbocycles.